The molecule has 0 amide bonds. The lowest BCUT2D eigenvalue weighted by molar-refractivity contribution is 0.242. The first-order valence-electron chi connectivity index (χ1n) is 7.68. The van der Waals surface area contributed by atoms with Crippen LogP contribution in [0.15, 0.2) is 0 Å². The average molecular weight is 240 g/mol. The second kappa shape index (κ2) is 8.93. The third kappa shape index (κ3) is 7.77. The highest BCUT2D eigenvalue weighted by Crippen LogP contribution is 2.27. The van der Waals surface area contributed by atoms with E-state index in [1.165, 1.54) is 58.2 Å². The fourth-order valence-electron chi connectivity index (χ4n) is 2.26. The van der Waals surface area contributed by atoms with E-state index in [1.807, 2.05) is 0 Å². The second-order valence-electron chi connectivity index (χ2n) is 5.86. The molecule has 0 aromatic heterocycles. The molecule has 1 rings (SSSR count). The van der Waals surface area contributed by atoms with Crippen molar-refractivity contribution in [3.63, 3.8) is 0 Å². The molecule has 1 N–H and O–H groups in total. The first-order valence-corrected chi connectivity index (χ1v) is 7.68. The smallest absolute Gasteiger partial charge is 0.00964 e. The van der Waals surface area contributed by atoms with Crippen molar-refractivity contribution in [2.24, 2.45) is 5.92 Å². The van der Waals surface area contributed by atoms with Crippen LogP contribution >= 0.6 is 0 Å². The molecule has 1 saturated carbocycles. The van der Waals surface area contributed by atoms with Crippen molar-refractivity contribution in [2.45, 2.75) is 65.3 Å². The molecule has 2 nitrogen and oxygen atoms in total. The third-order valence-corrected chi connectivity index (χ3v) is 3.61. The zero-order chi connectivity index (χ0) is 12.5. The summed E-state index contributed by atoms with van der Waals surface area (Å²) in [6.07, 6.45) is 8.40. The van der Waals surface area contributed by atoms with Gasteiger partial charge in [-0.05, 0) is 64.2 Å². The van der Waals surface area contributed by atoms with E-state index in [9.17, 15) is 0 Å². The van der Waals surface area contributed by atoms with Gasteiger partial charge < -0.3 is 10.2 Å². The van der Waals surface area contributed by atoms with Gasteiger partial charge in [0.1, 0.15) is 0 Å². The largest absolute Gasteiger partial charge is 0.317 e. The first kappa shape index (κ1) is 15.0. The number of hydrogen-bond donors (Lipinski definition) is 1. The van der Waals surface area contributed by atoms with Crippen molar-refractivity contribution in [2.75, 3.05) is 26.2 Å². The molecule has 1 aliphatic rings. The van der Waals surface area contributed by atoms with Crippen molar-refractivity contribution >= 4 is 0 Å². The molecule has 0 spiro atoms. The van der Waals surface area contributed by atoms with Crippen LogP contribution in [0.4, 0.5) is 0 Å². The molecular formula is C15H32N2. The van der Waals surface area contributed by atoms with E-state index < -0.39 is 0 Å². The molecular weight excluding hydrogens is 208 g/mol. The van der Waals surface area contributed by atoms with Gasteiger partial charge in [-0.3, -0.25) is 0 Å². The molecule has 0 radical (unpaired) electrons. The van der Waals surface area contributed by atoms with E-state index in [-0.39, 0.29) is 0 Å². The van der Waals surface area contributed by atoms with Gasteiger partial charge in [-0.25, -0.2) is 0 Å². The summed E-state index contributed by atoms with van der Waals surface area (Å²) < 4.78 is 0. The molecule has 0 heterocycles. The van der Waals surface area contributed by atoms with Crippen LogP contribution in [0.25, 0.3) is 0 Å². The van der Waals surface area contributed by atoms with Gasteiger partial charge in [0.25, 0.3) is 0 Å². The Hall–Kier alpha value is -0.0800. The Kier molecular flexibility index (Phi) is 7.87. The van der Waals surface area contributed by atoms with Gasteiger partial charge in [-0.1, -0.05) is 27.2 Å². The van der Waals surface area contributed by atoms with E-state index in [1.54, 1.807) is 0 Å². The van der Waals surface area contributed by atoms with Crippen LogP contribution in [0.3, 0.4) is 0 Å². The number of rotatable bonds is 11. The number of hydrogen-bond acceptors (Lipinski definition) is 2. The maximum atomic E-state index is 3.40. The van der Waals surface area contributed by atoms with E-state index in [0.717, 1.165) is 18.5 Å². The Morgan fingerprint density at radius 2 is 1.88 bits per heavy atom. The van der Waals surface area contributed by atoms with Gasteiger partial charge in [-0.2, -0.15) is 0 Å². The lowest BCUT2D eigenvalue weighted by Crippen LogP contribution is -2.29. The van der Waals surface area contributed by atoms with Crippen LogP contribution in [0, 0.1) is 5.92 Å². The van der Waals surface area contributed by atoms with Crippen LogP contribution in [0.1, 0.15) is 59.3 Å². The van der Waals surface area contributed by atoms with Crippen molar-refractivity contribution in [3.05, 3.63) is 0 Å². The molecule has 2 heteroatoms. The second-order valence-corrected chi connectivity index (χ2v) is 5.86. The van der Waals surface area contributed by atoms with Crippen molar-refractivity contribution < 1.29 is 0 Å². The Morgan fingerprint density at radius 1 is 1.12 bits per heavy atom. The standard InChI is InChI=1S/C15H32N2/c1-4-16-11-6-5-7-12-17(15-8-9-15)13-10-14(2)3/h14-16H,4-13H2,1-3H3. The highest BCUT2D eigenvalue weighted by molar-refractivity contribution is 4.84. The molecule has 0 aromatic rings. The van der Waals surface area contributed by atoms with E-state index in [0.29, 0.717) is 0 Å². The van der Waals surface area contributed by atoms with Crippen molar-refractivity contribution in [1.82, 2.24) is 10.2 Å². The molecule has 0 aromatic carbocycles. The Labute approximate surface area is 108 Å². The van der Waals surface area contributed by atoms with Crippen LogP contribution in [0.5, 0.6) is 0 Å². The summed E-state index contributed by atoms with van der Waals surface area (Å²) in [6.45, 7) is 11.8. The fourth-order valence-corrected chi connectivity index (χ4v) is 2.26. The van der Waals surface area contributed by atoms with Gasteiger partial charge in [0.05, 0.1) is 0 Å². The summed E-state index contributed by atoms with van der Waals surface area (Å²) in [7, 11) is 0. The summed E-state index contributed by atoms with van der Waals surface area (Å²) in [4.78, 5) is 2.74. The molecule has 0 aliphatic heterocycles. The van der Waals surface area contributed by atoms with E-state index in [2.05, 4.69) is 31.0 Å². The topological polar surface area (TPSA) is 15.3 Å². The number of nitrogens with zero attached hydrogens (tertiary/aromatic N) is 1. The quantitative estimate of drug-likeness (QED) is 0.558. The summed E-state index contributed by atoms with van der Waals surface area (Å²) in [5.74, 6) is 0.852. The monoisotopic (exact) mass is 240 g/mol. The van der Waals surface area contributed by atoms with Gasteiger partial charge >= 0.3 is 0 Å². The maximum Gasteiger partial charge on any atom is 0.00964 e. The number of nitrogens with one attached hydrogen (secondary N) is 1. The van der Waals surface area contributed by atoms with Gasteiger partial charge in [-0.15, -0.1) is 0 Å². The zero-order valence-electron chi connectivity index (χ0n) is 12.2. The zero-order valence-corrected chi connectivity index (χ0v) is 12.2. The van der Waals surface area contributed by atoms with E-state index in [4.69, 9.17) is 0 Å². The Bertz CT molecular complexity index is 176. The highest BCUT2D eigenvalue weighted by Gasteiger charge is 2.27. The molecule has 1 fully saturated rings. The summed E-state index contributed by atoms with van der Waals surface area (Å²) in [5, 5.41) is 3.40. The third-order valence-electron chi connectivity index (χ3n) is 3.61. The molecule has 17 heavy (non-hydrogen) atoms. The lowest BCUT2D eigenvalue weighted by Gasteiger charge is -2.22. The Balaban J connectivity index is 2.00. The predicted molar refractivity (Wildman–Crippen MR) is 76.4 cm³/mol. The Morgan fingerprint density at radius 3 is 2.47 bits per heavy atom. The fraction of sp³-hybridized carbons (Fsp3) is 1.00. The summed E-state index contributed by atoms with van der Waals surface area (Å²) in [6, 6.07) is 0.947. The van der Waals surface area contributed by atoms with Crippen LogP contribution in [0.2, 0.25) is 0 Å². The summed E-state index contributed by atoms with van der Waals surface area (Å²) >= 11 is 0. The molecule has 0 atom stereocenters. The minimum absolute atomic E-state index is 0.852. The van der Waals surface area contributed by atoms with Gasteiger partial charge in [0.2, 0.25) is 0 Å². The van der Waals surface area contributed by atoms with E-state index >= 15 is 0 Å². The van der Waals surface area contributed by atoms with Gasteiger partial charge in [0.15, 0.2) is 0 Å². The van der Waals surface area contributed by atoms with Crippen LogP contribution in [-0.4, -0.2) is 37.1 Å². The first-order chi connectivity index (χ1) is 8.24. The molecule has 102 valence electrons. The SMILES string of the molecule is CCNCCCCCN(CCC(C)C)C1CC1. The minimum atomic E-state index is 0.852. The van der Waals surface area contributed by atoms with Crippen LogP contribution in [-0.2, 0) is 0 Å². The van der Waals surface area contributed by atoms with Crippen molar-refractivity contribution in [1.29, 1.82) is 0 Å². The lowest BCUT2D eigenvalue weighted by atomic mass is 10.1. The normalized spacial score (nSPS) is 16.1. The minimum Gasteiger partial charge on any atom is -0.317 e. The molecule has 0 saturated heterocycles. The summed E-state index contributed by atoms with van der Waals surface area (Å²) in [5.41, 5.74) is 0. The predicted octanol–water partition coefficient (Wildman–Crippen LogP) is 3.28. The molecule has 1 aliphatic carbocycles. The number of unbranched alkanes of at least 4 members (excludes halogenated alkanes) is 2. The van der Waals surface area contributed by atoms with Crippen molar-refractivity contribution in [3.8, 4) is 0 Å². The van der Waals surface area contributed by atoms with Gasteiger partial charge in [0, 0.05) is 6.04 Å². The van der Waals surface area contributed by atoms with Crippen LogP contribution < -0.4 is 5.32 Å². The maximum absolute atomic E-state index is 3.40. The highest BCUT2D eigenvalue weighted by atomic mass is 15.2. The average Bonchev–Trinajstić information content (AvgIpc) is 3.11. The molecule has 0 unspecified atom stereocenters. The molecule has 0 bridgehead atoms.